The second-order valence-corrected chi connectivity index (χ2v) is 8.14. The Labute approximate surface area is 168 Å². The molecule has 1 aliphatic rings. The van der Waals surface area contributed by atoms with Crippen LogP contribution in [0.25, 0.3) is 5.69 Å². The molecule has 1 atom stereocenters. The molecule has 0 aliphatic heterocycles. The number of thioether (sulfide) groups is 1. The van der Waals surface area contributed by atoms with Crippen molar-refractivity contribution in [2.45, 2.75) is 37.9 Å². The summed E-state index contributed by atoms with van der Waals surface area (Å²) in [5.41, 5.74) is 4.33. The molecule has 1 saturated carbocycles. The molecule has 1 N–H and O–H groups in total. The monoisotopic (exact) mass is 393 g/mol. The topological polar surface area (TPSA) is 72.7 Å². The van der Waals surface area contributed by atoms with Gasteiger partial charge in [-0.1, -0.05) is 60.3 Å². The van der Waals surface area contributed by atoms with Crippen LogP contribution in [0.1, 0.15) is 35.6 Å². The van der Waals surface area contributed by atoms with E-state index in [2.05, 4.69) is 33.0 Å². The summed E-state index contributed by atoms with van der Waals surface area (Å²) >= 11 is 1.36. The molecule has 7 heteroatoms. The van der Waals surface area contributed by atoms with Gasteiger partial charge in [0.15, 0.2) is 0 Å². The van der Waals surface area contributed by atoms with E-state index in [9.17, 15) is 4.79 Å². The highest BCUT2D eigenvalue weighted by Gasteiger charge is 2.33. The standard InChI is InChI=1S/C21H23N5OS/c1-14-7-6-8-15(2)20(14)26-21(23-24-25-26)28-13-18(27)22-19(17-11-12-17)16-9-4-3-5-10-16/h3-10,17,19H,11-13H2,1-2H3,(H,22,27). The molecular weight excluding hydrogens is 370 g/mol. The van der Waals surface area contributed by atoms with Crippen molar-refractivity contribution in [3.8, 4) is 5.69 Å². The van der Waals surface area contributed by atoms with E-state index in [0.717, 1.165) is 29.7 Å². The number of para-hydroxylation sites is 1. The summed E-state index contributed by atoms with van der Waals surface area (Å²) in [5, 5.41) is 15.9. The largest absolute Gasteiger partial charge is 0.348 e. The summed E-state index contributed by atoms with van der Waals surface area (Å²) in [7, 11) is 0. The Morgan fingerprint density at radius 3 is 2.54 bits per heavy atom. The smallest absolute Gasteiger partial charge is 0.230 e. The SMILES string of the molecule is Cc1cccc(C)c1-n1nnnc1SCC(=O)NC(c1ccccc1)C1CC1. The highest BCUT2D eigenvalue weighted by atomic mass is 32.2. The van der Waals surface area contributed by atoms with Crippen molar-refractivity contribution in [3.63, 3.8) is 0 Å². The van der Waals surface area contributed by atoms with Crippen LogP contribution >= 0.6 is 11.8 Å². The average molecular weight is 394 g/mol. The van der Waals surface area contributed by atoms with Crippen LogP contribution in [-0.4, -0.2) is 31.9 Å². The summed E-state index contributed by atoms with van der Waals surface area (Å²) in [6, 6.07) is 16.4. The fraction of sp³-hybridized carbons (Fsp3) is 0.333. The number of carbonyl (C=O) groups is 1. The first-order chi connectivity index (χ1) is 13.6. The summed E-state index contributed by atoms with van der Waals surface area (Å²) in [6.07, 6.45) is 2.33. The van der Waals surface area contributed by atoms with Crippen molar-refractivity contribution in [2.24, 2.45) is 5.92 Å². The van der Waals surface area contributed by atoms with Crippen molar-refractivity contribution in [2.75, 3.05) is 5.75 Å². The first kappa shape index (κ1) is 18.7. The van der Waals surface area contributed by atoms with E-state index in [1.165, 1.54) is 17.3 Å². The number of rotatable bonds is 7. The molecule has 28 heavy (non-hydrogen) atoms. The van der Waals surface area contributed by atoms with Crippen molar-refractivity contribution < 1.29 is 4.79 Å². The lowest BCUT2D eigenvalue weighted by Crippen LogP contribution is -2.31. The molecule has 0 spiro atoms. The van der Waals surface area contributed by atoms with Crippen LogP contribution in [0.3, 0.4) is 0 Å². The third-order valence-electron chi connectivity index (χ3n) is 4.99. The number of tetrazole rings is 1. The molecule has 0 radical (unpaired) electrons. The molecule has 2 aromatic carbocycles. The minimum atomic E-state index is 0.00167. The van der Waals surface area contributed by atoms with Gasteiger partial charge in [0.25, 0.3) is 0 Å². The first-order valence-corrected chi connectivity index (χ1v) is 10.4. The van der Waals surface area contributed by atoms with Crippen LogP contribution < -0.4 is 5.32 Å². The highest BCUT2D eigenvalue weighted by molar-refractivity contribution is 7.99. The fourth-order valence-electron chi connectivity index (χ4n) is 3.46. The lowest BCUT2D eigenvalue weighted by Gasteiger charge is -2.18. The van der Waals surface area contributed by atoms with E-state index in [1.807, 2.05) is 50.2 Å². The van der Waals surface area contributed by atoms with Gasteiger partial charge < -0.3 is 5.32 Å². The molecular formula is C21H23N5OS. The van der Waals surface area contributed by atoms with Crippen LogP contribution in [0.5, 0.6) is 0 Å². The number of benzene rings is 2. The van der Waals surface area contributed by atoms with Crippen LogP contribution in [0.2, 0.25) is 0 Å². The minimum absolute atomic E-state index is 0.00167. The zero-order valence-electron chi connectivity index (χ0n) is 16.0. The molecule has 1 unspecified atom stereocenters. The molecule has 144 valence electrons. The Hall–Kier alpha value is -2.67. The van der Waals surface area contributed by atoms with Crippen molar-refractivity contribution in [1.82, 2.24) is 25.5 Å². The fourth-order valence-corrected chi connectivity index (χ4v) is 4.15. The molecule has 1 aromatic heterocycles. The van der Waals surface area contributed by atoms with Crippen LogP contribution in [0.15, 0.2) is 53.7 Å². The number of carbonyl (C=O) groups excluding carboxylic acids is 1. The van der Waals surface area contributed by atoms with Gasteiger partial charge >= 0.3 is 0 Å². The van der Waals surface area contributed by atoms with Gasteiger partial charge in [-0.05, 0) is 59.7 Å². The van der Waals surface area contributed by atoms with Gasteiger partial charge in [-0.25, -0.2) is 0 Å². The zero-order chi connectivity index (χ0) is 19.5. The molecule has 1 fully saturated rings. The van der Waals surface area contributed by atoms with E-state index in [4.69, 9.17) is 0 Å². The molecule has 3 aromatic rings. The predicted octanol–water partition coefficient (Wildman–Crippen LogP) is 3.64. The summed E-state index contributed by atoms with van der Waals surface area (Å²) in [4.78, 5) is 12.6. The van der Waals surface area contributed by atoms with Gasteiger partial charge in [0.2, 0.25) is 11.1 Å². The molecule has 0 saturated heterocycles. The van der Waals surface area contributed by atoms with Crippen molar-refractivity contribution >= 4 is 17.7 Å². The molecule has 1 aliphatic carbocycles. The van der Waals surface area contributed by atoms with Gasteiger partial charge in [-0.15, -0.1) is 5.10 Å². The van der Waals surface area contributed by atoms with E-state index in [1.54, 1.807) is 4.68 Å². The Morgan fingerprint density at radius 1 is 1.14 bits per heavy atom. The number of hydrogen-bond donors (Lipinski definition) is 1. The number of amides is 1. The third-order valence-corrected chi connectivity index (χ3v) is 5.91. The van der Waals surface area contributed by atoms with Crippen molar-refractivity contribution in [1.29, 1.82) is 0 Å². The van der Waals surface area contributed by atoms with Gasteiger partial charge in [0.05, 0.1) is 17.5 Å². The molecule has 1 amide bonds. The van der Waals surface area contributed by atoms with Gasteiger partial charge in [0, 0.05) is 0 Å². The predicted molar refractivity (Wildman–Crippen MR) is 109 cm³/mol. The molecule has 1 heterocycles. The number of hydrogen-bond acceptors (Lipinski definition) is 5. The quantitative estimate of drug-likeness (QED) is 0.621. The van der Waals surface area contributed by atoms with Gasteiger partial charge in [-0.2, -0.15) is 4.68 Å². The minimum Gasteiger partial charge on any atom is -0.348 e. The van der Waals surface area contributed by atoms with E-state index in [0.29, 0.717) is 11.1 Å². The zero-order valence-corrected chi connectivity index (χ0v) is 16.8. The second kappa shape index (κ2) is 8.14. The number of aromatic nitrogens is 4. The Bertz CT molecular complexity index is 948. The number of aryl methyl sites for hydroxylation is 2. The summed E-state index contributed by atoms with van der Waals surface area (Å²) in [6.45, 7) is 4.07. The maximum atomic E-state index is 12.6. The van der Waals surface area contributed by atoms with E-state index in [-0.39, 0.29) is 17.7 Å². The van der Waals surface area contributed by atoms with Crippen molar-refractivity contribution in [3.05, 3.63) is 65.2 Å². The second-order valence-electron chi connectivity index (χ2n) is 7.20. The molecule has 4 rings (SSSR count). The van der Waals surface area contributed by atoms with Crippen LogP contribution in [0, 0.1) is 19.8 Å². The van der Waals surface area contributed by atoms with E-state index >= 15 is 0 Å². The highest BCUT2D eigenvalue weighted by Crippen LogP contribution is 2.41. The van der Waals surface area contributed by atoms with Crippen LogP contribution in [-0.2, 0) is 4.79 Å². The molecule has 0 bridgehead atoms. The number of nitrogens with one attached hydrogen (secondary N) is 1. The average Bonchev–Trinajstić information content (AvgIpc) is 3.44. The first-order valence-electron chi connectivity index (χ1n) is 9.45. The Kier molecular flexibility index (Phi) is 5.43. The van der Waals surface area contributed by atoms with Crippen LogP contribution in [0.4, 0.5) is 0 Å². The summed E-state index contributed by atoms with van der Waals surface area (Å²) < 4.78 is 1.72. The summed E-state index contributed by atoms with van der Waals surface area (Å²) in [5.74, 6) is 0.819. The lowest BCUT2D eigenvalue weighted by molar-refractivity contribution is -0.119. The Balaban J connectivity index is 1.44. The van der Waals surface area contributed by atoms with Gasteiger partial charge in [-0.3, -0.25) is 4.79 Å². The third kappa shape index (κ3) is 4.09. The maximum absolute atomic E-state index is 12.6. The van der Waals surface area contributed by atoms with E-state index < -0.39 is 0 Å². The number of nitrogens with zero attached hydrogens (tertiary/aromatic N) is 4. The maximum Gasteiger partial charge on any atom is 0.230 e. The lowest BCUT2D eigenvalue weighted by atomic mass is 10.0. The van der Waals surface area contributed by atoms with Gasteiger partial charge in [0.1, 0.15) is 0 Å². The normalized spacial score (nSPS) is 14.6. The molecule has 6 nitrogen and oxygen atoms in total. The Morgan fingerprint density at radius 2 is 1.86 bits per heavy atom.